The van der Waals surface area contributed by atoms with Crippen LogP contribution in [-0.2, 0) is 4.74 Å². The number of nitrogen functional groups attached to an aromatic ring is 1. The van der Waals surface area contributed by atoms with Crippen molar-refractivity contribution < 1.29 is 4.74 Å². The van der Waals surface area contributed by atoms with Gasteiger partial charge in [0.25, 0.3) is 0 Å². The van der Waals surface area contributed by atoms with Gasteiger partial charge in [0.05, 0.1) is 5.56 Å². The molecule has 3 heterocycles. The molecule has 3 rings (SSSR count). The Morgan fingerprint density at radius 1 is 1.29 bits per heavy atom. The van der Waals surface area contributed by atoms with Crippen LogP contribution in [0.4, 0.5) is 11.6 Å². The van der Waals surface area contributed by atoms with Crippen LogP contribution in [0, 0.1) is 11.3 Å². The number of nitrogens with zero attached hydrogens (tertiary/aromatic N) is 3. The minimum atomic E-state index is 0.189. The third-order valence-corrected chi connectivity index (χ3v) is 4.17. The smallest absolute Gasteiger partial charge is 0.143 e. The van der Waals surface area contributed by atoms with Crippen LogP contribution in [0.1, 0.15) is 18.4 Å². The molecule has 0 radical (unpaired) electrons. The van der Waals surface area contributed by atoms with Crippen LogP contribution in [0.15, 0.2) is 6.33 Å². The van der Waals surface area contributed by atoms with Crippen LogP contribution >= 0.6 is 0 Å². The van der Waals surface area contributed by atoms with Crippen molar-refractivity contribution in [2.24, 2.45) is 5.92 Å². The third-order valence-electron chi connectivity index (χ3n) is 4.17. The highest BCUT2D eigenvalue weighted by Crippen LogP contribution is 2.28. The van der Waals surface area contributed by atoms with E-state index >= 15 is 0 Å². The monoisotopic (exact) mass is 290 g/mol. The van der Waals surface area contributed by atoms with Crippen molar-refractivity contribution in [3.05, 3.63) is 11.9 Å². The maximum Gasteiger partial charge on any atom is 0.143 e. The Kier molecular flexibility index (Phi) is 4.31. The van der Waals surface area contributed by atoms with Gasteiger partial charge in [-0.3, -0.25) is 0 Å². The van der Waals surface area contributed by atoms with Crippen molar-refractivity contribution >= 4 is 17.3 Å². The Hall–Kier alpha value is -1.73. The van der Waals surface area contributed by atoms with Crippen LogP contribution in [0.25, 0.3) is 0 Å². The SMILES string of the molecule is N=C(c1c(N)ncnc1N1CCNCC1)C1CCOCC1. The van der Waals surface area contributed by atoms with E-state index in [1.807, 2.05) is 0 Å². The summed E-state index contributed by atoms with van der Waals surface area (Å²) in [6, 6.07) is 0. The molecule has 2 fully saturated rings. The molecule has 2 aliphatic rings. The Morgan fingerprint density at radius 2 is 2.00 bits per heavy atom. The minimum absolute atomic E-state index is 0.189. The molecule has 1 aromatic heterocycles. The van der Waals surface area contributed by atoms with Gasteiger partial charge in [0, 0.05) is 51.0 Å². The zero-order chi connectivity index (χ0) is 14.7. The van der Waals surface area contributed by atoms with Crippen molar-refractivity contribution in [3.8, 4) is 0 Å². The molecular formula is C14H22N6O. The second kappa shape index (κ2) is 6.36. The van der Waals surface area contributed by atoms with E-state index in [4.69, 9.17) is 15.9 Å². The zero-order valence-electron chi connectivity index (χ0n) is 12.1. The number of nitrogens with one attached hydrogen (secondary N) is 2. The fraction of sp³-hybridized carbons (Fsp3) is 0.643. The Bertz CT molecular complexity index is 508. The van der Waals surface area contributed by atoms with E-state index in [-0.39, 0.29) is 5.92 Å². The molecular weight excluding hydrogens is 268 g/mol. The number of nitrogens with two attached hydrogens (primary N) is 1. The first-order valence-electron chi connectivity index (χ1n) is 7.50. The molecule has 0 spiro atoms. The number of piperazine rings is 1. The van der Waals surface area contributed by atoms with Gasteiger partial charge in [0.15, 0.2) is 0 Å². The topological polar surface area (TPSA) is 100 Å². The summed E-state index contributed by atoms with van der Waals surface area (Å²) in [4.78, 5) is 10.7. The number of aromatic nitrogens is 2. The summed E-state index contributed by atoms with van der Waals surface area (Å²) < 4.78 is 5.38. The maximum atomic E-state index is 8.57. The van der Waals surface area contributed by atoms with Crippen LogP contribution in [-0.4, -0.2) is 55.1 Å². The lowest BCUT2D eigenvalue weighted by atomic mass is 9.90. The standard InChI is InChI=1S/C14H22N6O/c15-12(10-1-7-21-8-2-10)11-13(16)18-9-19-14(11)20-5-3-17-4-6-20/h9-10,15,17H,1-8H2,(H2,16,18,19). The van der Waals surface area contributed by atoms with Gasteiger partial charge in [-0.2, -0.15) is 0 Å². The van der Waals surface area contributed by atoms with E-state index in [0.717, 1.165) is 44.8 Å². The molecule has 0 aliphatic carbocycles. The molecule has 21 heavy (non-hydrogen) atoms. The number of anilines is 2. The van der Waals surface area contributed by atoms with E-state index in [1.54, 1.807) is 0 Å². The molecule has 0 atom stereocenters. The summed E-state index contributed by atoms with van der Waals surface area (Å²) >= 11 is 0. The van der Waals surface area contributed by atoms with Crippen LogP contribution in [0.5, 0.6) is 0 Å². The van der Waals surface area contributed by atoms with Crippen molar-refractivity contribution in [3.63, 3.8) is 0 Å². The zero-order valence-corrected chi connectivity index (χ0v) is 12.1. The summed E-state index contributed by atoms with van der Waals surface area (Å²) in [5.41, 5.74) is 7.34. The van der Waals surface area contributed by atoms with Gasteiger partial charge in [0.2, 0.25) is 0 Å². The van der Waals surface area contributed by atoms with Crippen molar-refractivity contribution in [1.82, 2.24) is 15.3 Å². The predicted octanol–water partition coefficient (Wildman–Crippen LogP) is 0.263. The Labute approximate surface area is 124 Å². The maximum absolute atomic E-state index is 8.57. The lowest BCUT2D eigenvalue weighted by Gasteiger charge is -2.31. The molecule has 4 N–H and O–H groups in total. The van der Waals surface area contributed by atoms with E-state index in [2.05, 4.69) is 20.2 Å². The van der Waals surface area contributed by atoms with E-state index in [1.165, 1.54) is 6.33 Å². The molecule has 7 heteroatoms. The van der Waals surface area contributed by atoms with Crippen molar-refractivity contribution in [2.45, 2.75) is 12.8 Å². The molecule has 0 saturated carbocycles. The van der Waals surface area contributed by atoms with Crippen LogP contribution in [0.2, 0.25) is 0 Å². The molecule has 2 saturated heterocycles. The van der Waals surface area contributed by atoms with E-state index in [9.17, 15) is 0 Å². The van der Waals surface area contributed by atoms with Gasteiger partial charge in [-0.15, -0.1) is 0 Å². The molecule has 0 aromatic carbocycles. The summed E-state index contributed by atoms with van der Waals surface area (Å²) in [6.07, 6.45) is 3.23. The van der Waals surface area contributed by atoms with E-state index < -0.39 is 0 Å². The summed E-state index contributed by atoms with van der Waals surface area (Å²) in [7, 11) is 0. The van der Waals surface area contributed by atoms with Gasteiger partial charge in [0.1, 0.15) is 18.0 Å². The summed E-state index contributed by atoms with van der Waals surface area (Å²) in [5.74, 6) is 1.41. The summed E-state index contributed by atoms with van der Waals surface area (Å²) in [6.45, 7) is 5.03. The molecule has 1 aromatic rings. The van der Waals surface area contributed by atoms with Gasteiger partial charge in [-0.05, 0) is 12.8 Å². The fourth-order valence-corrected chi connectivity index (χ4v) is 2.95. The van der Waals surface area contributed by atoms with Crippen LogP contribution in [0.3, 0.4) is 0 Å². The summed E-state index contributed by atoms with van der Waals surface area (Å²) in [5, 5.41) is 11.9. The molecule has 7 nitrogen and oxygen atoms in total. The van der Waals surface area contributed by atoms with Gasteiger partial charge in [-0.25, -0.2) is 9.97 Å². The molecule has 0 bridgehead atoms. The van der Waals surface area contributed by atoms with Crippen LogP contribution < -0.4 is 16.0 Å². The number of hydrogen-bond acceptors (Lipinski definition) is 7. The highest BCUT2D eigenvalue weighted by Gasteiger charge is 2.27. The predicted molar refractivity (Wildman–Crippen MR) is 81.9 cm³/mol. The molecule has 0 unspecified atom stereocenters. The van der Waals surface area contributed by atoms with Gasteiger partial charge < -0.3 is 26.1 Å². The third kappa shape index (κ3) is 2.98. The fourth-order valence-electron chi connectivity index (χ4n) is 2.95. The molecule has 2 aliphatic heterocycles. The first-order chi connectivity index (χ1) is 10.3. The Balaban J connectivity index is 1.90. The van der Waals surface area contributed by atoms with E-state index in [0.29, 0.717) is 30.3 Å². The quantitative estimate of drug-likeness (QED) is 0.691. The van der Waals surface area contributed by atoms with Gasteiger partial charge in [-0.1, -0.05) is 0 Å². The lowest BCUT2D eigenvalue weighted by molar-refractivity contribution is 0.0828. The normalized spacial score (nSPS) is 20.5. The molecule has 0 amide bonds. The number of rotatable bonds is 3. The molecule has 114 valence electrons. The number of ether oxygens (including phenoxy) is 1. The van der Waals surface area contributed by atoms with Crippen molar-refractivity contribution in [2.75, 3.05) is 50.0 Å². The number of hydrogen-bond donors (Lipinski definition) is 3. The highest BCUT2D eigenvalue weighted by atomic mass is 16.5. The largest absolute Gasteiger partial charge is 0.383 e. The van der Waals surface area contributed by atoms with Crippen molar-refractivity contribution in [1.29, 1.82) is 5.41 Å². The second-order valence-electron chi connectivity index (χ2n) is 5.49. The minimum Gasteiger partial charge on any atom is -0.383 e. The first-order valence-corrected chi connectivity index (χ1v) is 7.50. The second-order valence-corrected chi connectivity index (χ2v) is 5.49. The highest BCUT2D eigenvalue weighted by molar-refractivity contribution is 6.07. The lowest BCUT2D eigenvalue weighted by Crippen LogP contribution is -2.44. The first kappa shape index (κ1) is 14.2. The average Bonchev–Trinajstić information content (AvgIpc) is 2.55. The average molecular weight is 290 g/mol. The Morgan fingerprint density at radius 3 is 2.71 bits per heavy atom. The van der Waals surface area contributed by atoms with Gasteiger partial charge >= 0.3 is 0 Å².